The molecule has 0 aliphatic heterocycles. The van der Waals surface area contributed by atoms with Crippen LogP contribution in [0.5, 0.6) is 17.2 Å². The van der Waals surface area contributed by atoms with Crippen molar-refractivity contribution in [1.82, 2.24) is 0 Å². The lowest BCUT2D eigenvalue weighted by molar-refractivity contribution is 0.373. The van der Waals surface area contributed by atoms with Gasteiger partial charge in [0.1, 0.15) is 5.75 Å². The van der Waals surface area contributed by atoms with E-state index in [-0.39, 0.29) is 5.75 Å². The first-order valence-corrected chi connectivity index (χ1v) is 28.9. The summed E-state index contributed by atoms with van der Waals surface area (Å²) in [6, 6.07) is 16.5. The maximum Gasteiger partial charge on any atom is 0.173 e. The Hall–Kier alpha value is -1.37. The largest absolute Gasteiger partial charge is 0.508 e. The highest BCUT2D eigenvalue weighted by Gasteiger charge is 2.33. The number of hydrogen-bond acceptors (Lipinski definition) is 5. The zero-order valence-electron chi connectivity index (χ0n) is 29.1. The van der Waals surface area contributed by atoms with Gasteiger partial charge in [0.15, 0.2) is 44.8 Å². The van der Waals surface area contributed by atoms with Crippen LogP contribution in [0.2, 0.25) is 76.6 Å². The Bertz CT molecular complexity index is 1130. The average Bonchev–Trinajstić information content (AvgIpc) is 2.87. The predicted octanol–water partition coefficient (Wildman–Crippen LogP) is 10.4. The number of benzene rings is 2. The van der Waals surface area contributed by atoms with E-state index in [4.69, 9.17) is 13.0 Å². The van der Waals surface area contributed by atoms with Crippen molar-refractivity contribution in [2.45, 2.75) is 135 Å². The van der Waals surface area contributed by atoms with Crippen molar-refractivity contribution in [3.8, 4) is 17.2 Å². The van der Waals surface area contributed by atoms with Gasteiger partial charge < -0.3 is 23.2 Å². The van der Waals surface area contributed by atoms with E-state index in [0.29, 0.717) is 11.5 Å². The topological polar surface area (TPSA) is 68.2 Å². The van der Waals surface area contributed by atoms with Gasteiger partial charge in [-0.2, -0.15) is 0 Å². The Morgan fingerprint density at radius 2 is 0.930 bits per heavy atom. The van der Waals surface area contributed by atoms with E-state index >= 15 is 0 Å². The predicted molar refractivity (Wildman–Crippen MR) is 194 cm³/mol. The zero-order valence-corrected chi connectivity index (χ0v) is 33.1. The van der Waals surface area contributed by atoms with Gasteiger partial charge in [-0.1, -0.05) is 43.9 Å². The first-order valence-electron chi connectivity index (χ1n) is 16.5. The number of rotatable bonds is 20. The molecule has 2 aromatic rings. The Morgan fingerprint density at radius 3 is 1.35 bits per heavy atom. The summed E-state index contributed by atoms with van der Waals surface area (Å²) in [5, 5.41) is 19.6. The monoisotopic (exact) mass is 662 g/mol. The molecule has 5 nitrogen and oxygen atoms in total. The van der Waals surface area contributed by atoms with Crippen LogP contribution in [0.3, 0.4) is 0 Å². The number of unbranched alkanes of at least 4 members (excludes halogenated alkanes) is 3. The van der Waals surface area contributed by atoms with Gasteiger partial charge in [-0.15, -0.1) is 0 Å². The fourth-order valence-corrected chi connectivity index (χ4v) is 24.2. The molecule has 0 fully saturated rings. The Kier molecular flexibility index (Phi) is 14.8. The fraction of sp³-hybridized carbons (Fsp3) is 0.647. The lowest BCUT2D eigenvalue weighted by Gasteiger charge is -2.35. The molecule has 0 atom stereocenters. The Labute approximate surface area is 267 Å². The third-order valence-electron chi connectivity index (χ3n) is 8.41. The van der Waals surface area contributed by atoms with Gasteiger partial charge in [0.2, 0.25) is 0 Å². The number of aromatic hydroxyl groups is 2. The van der Waals surface area contributed by atoms with E-state index in [9.17, 15) is 10.2 Å². The van der Waals surface area contributed by atoms with Crippen molar-refractivity contribution in [3.05, 3.63) is 53.1 Å². The minimum atomic E-state index is -1.72. The zero-order chi connectivity index (χ0) is 32.3. The van der Waals surface area contributed by atoms with Crippen molar-refractivity contribution >= 4 is 33.3 Å². The molecule has 0 radical (unpaired) electrons. The molecule has 0 spiro atoms. The summed E-state index contributed by atoms with van der Waals surface area (Å²) >= 11 is 0. The number of hydrogen-bond donors (Lipinski definition) is 2. The van der Waals surface area contributed by atoms with E-state index in [1.165, 1.54) is 54.9 Å². The van der Waals surface area contributed by atoms with Crippen LogP contribution in [0, 0.1) is 6.92 Å². The van der Waals surface area contributed by atoms with Gasteiger partial charge in [-0.25, -0.2) is 0 Å². The summed E-state index contributed by atoms with van der Waals surface area (Å²) < 4.78 is 19.1. The highest BCUT2D eigenvalue weighted by Crippen LogP contribution is 2.30. The minimum Gasteiger partial charge on any atom is -0.508 e. The molecular weight excluding hydrogens is 601 g/mol. The highest BCUT2D eigenvalue weighted by atomic mass is 28.4. The molecule has 0 aliphatic carbocycles. The van der Waals surface area contributed by atoms with E-state index in [1.807, 2.05) is 31.2 Å². The molecular formula is C34H62O5Si4. The van der Waals surface area contributed by atoms with Crippen molar-refractivity contribution in [2.24, 2.45) is 0 Å². The number of phenols is 2. The third-order valence-corrected chi connectivity index (χ3v) is 23.5. The first kappa shape index (κ1) is 37.8. The number of aryl methyl sites for hydroxylation is 3. The summed E-state index contributed by atoms with van der Waals surface area (Å²) in [5.41, 5.74) is 3.48. The average molecular weight is 663 g/mol. The normalized spacial score (nSPS) is 13.0. The summed E-state index contributed by atoms with van der Waals surface area (Å²) in [6.07, 6.45) is 9.45. The van der Waals surface area contributed by atoms with E-state index < -0.39 is 33.3 Å². The van der Waals surface area contributed by atoms with Crippen LogP contribution in [-0.4, -0.2) is 50.6 Å². The molecule has 0 amide bonds. The van der Waals surface area contributed by atoms with E-state index in [1.54, 1.807) is 13.2 Å². The molecule has 0 bridgehead atoms. The Morgan fingerprint density at radius 1 is 0.535 bits per heavy atom. The third kappa shape index (κ3) is 15.0. The van der Waals surface area contributed by atoms with Crippen LogP contribution in [0.15, 0.2) is 36.4 Å². The first-order chi connectivity index (χ1) is 19.9. The van der Waals surface area contributed by atoms with Crippen LogP contribution in [0.25, 0.3) is 0 Å². The van der Waals surface area contributed by atoms with E-state index in [0.717, 1.165) is 37.3 Å². The molecule has 0 heterocycles. The van der Waals surface area contributed by atoms with Crippen LogP contribution in [0.4, 0.5) is 0 Å². The lowest BCUT2D eigenvalue weighted by atomic mass is 10.1. The van der Waals surface area contributed by atoms with Crippen LogP contribution >= 0.6 is 0 Å². The van der Waals surface area contributed by atoms with Crippen molar-refractivity contribution in [1.29, 1.82) is 0 Å². The summed E-state index contributed by atoms with van der Waals surface area (Å²) in [4.78, 5) is 0. The van der Waals surface area contributed by atoms with Gasteiger partial charge in [0.25, 0.3) is 0 Å². The smallest absolute Gasteiger partial charge is 0.173 e. The SMILES string of the molecule is COc1cc(CCC[Si](C)(C)O[Si](C)(C)CCCCCC[Si](C)(C)O[Si](C)(C)CCCc2ccc(O)c(C)c2)ccc1O. The lowest BCUT2D eigenvalue weighted by Crippen LogP contribution is -2.44. The highest BCUT2D eigenvalue weighted by molar-refractivity contribution is 6.85. The van der Waals surface area contributed by atoms with Gasteiger partial charge in [-0.3, -0.25) is 0 Å². The maximum atomic E-state index is 9.84. The molecule has 0 saturated heterocycles. The van der Waals surface area contributed by atoms with Gasteiger partial charge in [-0.05, 0) is 144 Å². The summed E-state index contributed by atoms with van der Waals surface area (Å²) in [7, 11) is -5.14. The van der Waals surface area contributed by atoms with Crippen molar-refractivity contribution in [3.63, 3.8) is 0 Å². The maximum absolute atomic E-state index is 9.84. The molecule has 2 N–H and O–H groups in total. The number of methoxy groups -OCH3 is 1. The second-order valence-corrected chi connectivity index (χ2v) is 32.7. The minimum absolute atomic E-state index is 0.200. The molecule has 0 aliphatic rings. The molecule has 2 rings (SSSR count). The van der Waals surface area contributed by atoms with Crippen LogP contribution in [-0.2, 0) is 21.1 Å². The molecule has 0 saturated carbocycles. The number of ether oxygens (including phenoxy) is 1. The molecule has 2 aromatic carbocycles. The van der Waals surface area contributed by atoms with Gasteiger partial charge in [0.05, 0.1) is 7.11 Å². The second-order valence-electron chi connectivity index (χ2n) is 15.0. The summed E-state index contributed by atoms with van der Waals surface area (Å²) in [5.74, 6) is 1.14. The summed E-state index contributed by atoms with van der Waals surface area (Å²) in [6.45, 7) is 21.2. The second kappa shape index (κ2) is 16.8. The number of phenolic OH excluding ortho intramolecular Hbond substituents is 2. The standard InChI is InChI=1S/C34H62O5Si4/c1-29-27-30(19-21-32(29)35)17-15-25-42(7,8)38-40(3,4)23-13-11-12-14-24-41(5,6)39-43(9,10)26-16-18-31-20-22-33(36)34(28-31)37-2/h19-22,27-28,35-36H,11-18,23-26H2,1-10H3. The van der Waals surface area contributed by atoms with Crippen molar-refractivity contribution < 1.29 is 23.2 Å². The molecule has 0 unspecified atom stereocenters. The van der Waals surface area contributed by atoms with Crippen LogP contribution < -0.4 is 4.74 Å². The molecule has 9 heteroatoms. The quantitative estimate of drug-likeness (QED) is 0.109. The van der Waals surface area contributed by atoms with E-state index in [2.05, 4.69) is 58.4 Å². The van der Waals surface area contributed by atoms with Gasteiger partial charge in [0, 0.05) is 0 Å². The van der Waals surface area contributed by atoms with Gasteiger partial charge >= 0.3 is 0 Å². The fourth-order valence-electron chi connectivity index (χ4n) is 6.34. The molecule has 0 aromatic heterocycles. The molecule has 244 valence electrons. The molecule has 43 heavy (non-hydrogen) atoms. The Balaban J connectivity index is 1.64. The van der Waals surface area contributed by atoms with Crippen molar-refractivity contribution in [2.75, 3.05) is 7.11 Å². The van der Waals surface area contributed by atoms with Crippen LogP contribution in [0.1, 0.15) is 55.2 Å².